The lowest BCUT2D eigenvalue weighted by atomic mass is 9.95. The van der Waals surface area contributed by atoms with Gasteiger partial charge in [0.05, 0.1) is 36.1 Å². The molecule has 46 heavy (non-hydrogen) atoms. The molecular formula is C35H26ClI2N3O4S. The first kappa shape index (κ1) is 32.5. The maximum atomic E-state index is 14.2. The van der Waals surface area contributed by atoms with E-state index in [0.29, 0.717) is 43.7 Å². The second-order valence-electron chi connectivity index (χ2n) is 10.4. The van der Waals surface area contributed by atoms with Gasteiger partial charge in [-0.15, -0.1) is 0 Å². The van der Waals surface area contributed by atoms with Crippen LogP contribution in [0.4, 0.5) is 5.69 Å². The molecule has 1 atom stereocenters. The zero-order chi connectivity index (χ0) is 32.4. The molecule has 1 amide bonds. The Balaban J connectivity index is 1.40. The van der Waals surface area contributed by atoms with Crippen molar-refractivity contribution >= 4 is 85.8 Å². The lowest BCUT2D eigenvalue weighted by Gasteiger charge is -2.25. The van der Waals surface area contributed by atoms with Gasteiger partial charge in [0, 0.05) is 16.3 Å². The first-order valence-corrected chi connectivity index (χ1v) is 17.5. The molecule has 1 aromatic heterocycles. The number of aromatic nitrogens is 1. The average Bonchev–Trinajstić information content (AvgIpc) is 3.34. The molecule has 0 radical (unpaired) electrons. The predicted molar refractivity (Wildman–Crippen MR) is 199 cm³/mol. The fraction of sp³-hybridized carbons (Fsp3) is 0.114. The fourth-order valence-electron chi connectivity index (χ4n) is 5.18. The Bertz CT molecular complexity index is 2160. The highest BCUT2D eigenvalue weighted by atomic mass is 127. The van der Waals surface area contributed by atoms with Gasteiger partial charge in [0.15, 0.2) is 4.80 Å². The molecular weight excluding hydrogens is 848 g/mol. The Labute approximate surface area is 301 Å². The van der Waals surface area contributed by atoms with Crippen LogP contribution < -0.4 is 29.7 Å². The Morgan fingerprint density at radius 2 is 1.74 bits per heavy atom. The second-order valence-corrected chi connectivity index (χ2v) is 14.1. The predicted octanol–water partition coefficient (Wildman–Crippen LogP) is 7.32. The number of amides is 1. The van der Waals surface area contributed by atoms with Gasteiger partial charge in [-0.3, -0.25) is 14.2 Å². The van der Waals surface area contributed by atoms with Crippen LogP contribution in [0.2, 0.25) is 5.02 Å². The molecule has 1 N–H and O–H groups in total. The summed E-state index contributed by atoms with van der Waals surface area (Å²) in [6, 6.07) is 27.5. The van der Waals surface area contributed by atoms with Gasteiger partial charge in [-0.25, -0.2) is 4.99 Å². The minimum Gasteiger partial charge on any atom is -0.497 e. The molecule has 1 aliphatic rings. The molecule has 7 nitrogen and oxygen atoms in total. The number of halogens is 3. The summed E-state index contributed by atoms with van der Waals surface area (Å²) in [5, 5.41) is 3.64. The van der Waals surface area contributed by atoms with Crippen molar-refractivity contribution in [2.75, 3.05) is 12.4 Å². The second kappa shape index (κ2) is 14.1. The highest BCUT2D eigenvalue weighted by Crippen LogP contribution is 2.33. The SMILES string of the molecule is COc1cccc([C@@H]2C(C(=O)Nc3ccccc3)=C(C)N=c3s/c(=C\c4cc(I)c(OCc5ccccc5Cl)c(I)c4)c(=O)n32)c1. The molecule has 232 valence electrons. The Morgan fingerprint density at radius 3 is 2.46 bits per heavy atom. The summed E-state index contributed by atoms with van der Waals surface area (Å²) < 4.78 is 15.6. The third-order valence-corrected chi connectivity index (χ3v) is 10.3. The molecule has 0 unspecified atom stereocenters. The van der Waals surface area contributed by atoms with Crippen LogP contribution in [0.3, 0.4) is 0 Å². The van der Waals surface area contributed by atoms with Crippen molar-refractivity contribution in [1.29, 1.82) is 0 Å². The van der Waals surface area contributed by atoms with Gasteiger partial charge in [0.25, 0.3) is 11.5 Å². The number of methoxy groups -OCH3 is 1. The Morgan fingerprint density at radius 1 is 1.02 bits per heavy atom. The zero-order valence-corrected chi connectivity index (χ0v) is 30.5. The van der Waals surface area contributed by atoms with Crippen molar-refractivity contribution in [3.05, 3.63) is 151 Å². The summed E-state index contributed by atoms with van der Waals surface area (Å²) >= 11 is 12.1. The number of benzene rings is 4. The Kier molecular flexibility index (Phi) is 9.97. The van der Waals surface area contributed by atoms with E-state index in [0.717, 1.165) is 29.6 Å². The Hall–Kier alpha value is -3.46. The van der Waals surface area contributed by atoms with Crippen molar-refractivity contribution in [3.8, 4) is 11.5 Å². The quantitative estimate of drug-likeness (QED) is 0.166. The van der Waals surface area contributed by atoms with Crippen molar-refractivity contribution in [2.24, 2.45) is 4.99 Å². The van der Waals surface area contributed by atoms with E-state index in [-0.39, 0.29) is 11.5 Å². The number of nitrogens with zero attached hydrogens (tertiary/aromatic N) is 2. The summed E-state index contributed by atoms with van der Waals surface area (Å²) in [6.45, 7) is 2.14. The number of carbonyl (C=O) groups excluding carboxylic acids is 1. The van der Waals surface area contributed by atoms with Crippen LogP contribution in [-0.4, -0.2) is 17.6 Å². The molecule has 0 aliphatic carbocycles. The number of thiazole rings is 1. The number of carbonyl (C=O) groups is 1. The smallest absolute Gasteiger partial charge is 0.271 e. The van der Waals surface area contributed by atoms with Crippen molar-refractivity contribution in [3.63, 3.8) is 0 Å². The van der Waals surface area contributed by atoms with E-state index in [1.54, 1.807) is 18.6 Å². The molecule has 0 spiro atoms. The number of anilines is 1. The maximum Gasteiger partial charge on any atom is 0.271 e. The van der Waals surface area contributed by atoms with E-state index in [2.05, 4.69) is 50.5 Å². The van der Waals surface area contributed by atoms with Crippen LogP contribution in [0.5, 0.6) is 11.5 Å². The molecule has 4 aromatic carbocycles. The van der Waals surface area contributed by atoms with E-state index in [9.17, 15) is 9.59 Å². The normalized spacial score (nSPS) is 14.5. The topological polar surface area (TPSA) is 81.9 Å². The van der Waals surface area contributed by atoms with Gasteiger partial charge in [0.2, 0.25) is 0 Å². The summed E-state index contributed by atoms with van der Waals surface area (Å²) in [6.07, 6.45) is 1.86. The number of fused-ring (bicyclic) bond motifs is 1. The summed E-state index contributed by atoms with van der Waals surface area (Å²) in [4.78, 5) is 33.2. The van der Waals surface area contributed by atoms with E-state index < -0.39 is 6.04 Å². The number of para-hydroxylation sites is 1. The van der Waals surface area contributed by atoms with Gasteiger partial charge < -0.3 is 14.8 Å². The van der Waals surface area contributed by atoms with Crippen LogP contribution in [0.15, 0.2) is 112 Å². The highest BCUT2D eigenvalue weighted by Gasteiger charge is 2.32. The summed E-state index contributed by atoms with van der Waals surface area (Å²) in [5.74, 6) is 1.05. The van der Waals surface area contributed by atoms with E-state index in [1.165, 1.54) is 11.3 Å². The molecule has 11 heteroatoms. The minimum atomic E-state index is -0.710. The fourth-order valence-corrected chi connectivity index (χ4v) is 8.54. The third kappa shape index (κ3) is 6.80. The molecule has 0 saturated heterocycles. The first-order valence-electron chi connectivity index (χ1n) is 14.1. The van der Waals surface area contributed by atoms with E-state index in [4.69, 9.17) is 26.1 Å². The van der Waals surface area contributed by atoms with Gasteiger partial charge in [-0.1, -0.05) is 71.5 Å². The summed E-state index contributed by atoms with van der Waals surface area (Å²) in [7, 11) is 1.59. The average molecular weight is 874 g/mol. The van der Waals surface area contributed by atoms with E-state index >= 15 is 0 Å². The molecule has 5 aromatic rings. The van der Waals surface area contributed by atoms with Gasteiger partial charge in [-0.05, 0) is 112 Å². The number of hydrogen-bond donors (Lipinski definition) is 1. The number of rotatable bonds is 8. The minimum absolute atomic E-state index is 0.238. The number of ether oxygens (including phenoxy) is 2. The number of hydrogen-bond acceptors (Lipinski definition) is 6. The zero-order valence-electron chi connectivity index (χ0n) is 24.6. The largest absolute Gasteiger partial charge is 0.497 e. The molecule has 0 bridgehead atoms. The van der Waals surface area contributed by atoms with Crippen molar-refractivity contribution in [2.45, 2.75) is 19.6 Å². The molecule has 2 heterocycles. The first-order chi connectivity index (χ1) is 22.2. The van der Waals surface area contributed by atoms with Crippen molar-refractivity contribution < 1.29 is 14.3 Å². The van der Waals surface area contributed by atoms with Gasteiger partial charge in [-0.2, -0.15) is 0 Å². The van der Waals surface area contributed by atoms with Crippen LogP contribution in [0.1, 0.15) is 29.7 Å². The molecule has 1 aliphatic heterocycles. The lowest BCUT2D eigenvalue weighted by molar-refractivity contribution is -0.113. The van der Waals surface area contributed by atoms with Crippen LogP contribution in [0.25, 0.3) is 6.08 Å². The maximum absolute atomic E-state index is 14.2. The standard InChI is InChI=1S/C35H26ClI2N3O4S/c1-20-30(33(42)40-24-11-4-3-5-12-24)31(22-10-8-13-25(18-22)44-2)41-34(43)29(46-35(41)39-20)17-21-15-27(37)32(28(38)16-21)45-19-23-9-6-7-14-26(23)36/h3-18,31H,19H2,1-2H3,(H,40,42)/b29-17-/t31-/m1/s1. The van der Waals surface area contributed by atoms with Gasteiger partial charge >= 0.3 is 0 Å². The van der Waals surface area contributed by atoms with Crippen LogP contribution in [-0.2, 0) is 11.4 Å². The lowest BCUT2D eigenvalue weighted by Crippen LogP contribution is -2.40. The number of nitrogens with one attached hydrogen (secondary N) is 1. The van der Waals surface area contributed by atoms with E-state index in [1.807, 2.05) is 97.1 Å². The highest BCUT2D eigenvalue weighted by molar-refractivity contribution is 14.1. The number of allylic oxidation sites excluding steroid dienone is 1. The molecule has 0 fully saturated rings. The van der Waals surface area contributed by atoms with Gasteiger partial charge in [0.1, 0.15) is 18.1 Å². The third-order valence-electron chi connectivity index (χ3n) is 7.36. The summed E-state index contributed by atoms with van der Waals surface area (Å²) in [5.41, 5.74) is 3.83. The molecule has 6 rings (SSSR count). The molecule has 0 saturated carbocycles. The van der Waals surface area contributed by atoms with Crippen LogP contribution in [0, 0.1) is 7.14 Å². The monoisotopic (exact) mass is 873 g/mol. The van der Waals surface area contributed by atoms with Crippen molar-refractivity contribution in [1.82, 2.24) is 4.57 Å². The van der Waals surface area contributed by atoms with Crippen LogP contribution >= 0.6 is 68.1 Å².